The van der Waals surface area contributed by atoms with E-state index in [-0.39, 0.29) is 16.1 Å². The van der Waals surface area contributed by atoms with Crippen molar-refractivity contribution in [2.75, 3.05) is 6.54 Å². The number of carboxylic acid groups (broad SMARTS) is 1. The Morgan fingerprint density at radius 1 is 1.44 bits per heavy atom. The van der Waals surface area contributed by atoms with Gasteiger partial charge in [0.15, 0.2) is 0 Å². The first kappa shape index (κ1) is 11.9. The monoisotopic (exact) mass is 289 g/mol. The van der Waals surface area contributed by atoms with Crippen molar-refractivity contribution in [3.05, 3.63) is 0 Å². The summed E-state index contributed by atoms with van der Waals surface area (Å²) in [5.41, 5.74) is 0. The first-order chi connectivity index (χ1) is 7.43. The van der Waals surface area contributed by atoms with Gasteiger partial charge in [0.25, 0.3) is 0 Å². The highest BCUT2D eigenvalue weighted by atomic mass is 79.9. The van der Waals surface area contributed by atoms with E-state index in [4.69, 9.17) is 5.11 Å². The average molecular weight is 290 g/mol. The minimum Gasteiger partial charge on any atom is -0.480 e. The minimum absolute atomic E-state index is 0.00600. The van der Waals surface area contributed by atoms with Crippen molar-refractivity contribution >= 4 is 27.8 Å². The van der Waals surface area contributed by atoms with Gasteiger partial charge in [-0.2, -0.15) is 0 Å². The Bertz CT molecular complexity index is 329. The largest absolute Gasteiger partial charge is 0.480 e. The van der Waals surface area contributed by atoms with Crippen LogP contribution in [0.25, 0.3) is 0 Å². The van der Waals surface area contributed by atoms with Crippen LogP contribution in [0.5, 0.6) is 0 Å². The van der Waals surface area contributed by atoms with E-state index in [1.807, 2.05) is 6.92 Å². The van der Waals surface area contributed by atoms with Crippen molar-refractivity contribution in [1.29, 1.82) is 0 Å². The van der Waals surface area contributed by atoms with E-state index in [2.05, 4.69) is 15.9 Å². The number of hydrogen-bond donors (Lipinski definition) is 1. The second kappa shape index (κ2) is 4.02. The molecule has 0 aromatic carbocycles. The number of nitrogens with zero attached hydrogens (tertiary/aromatic N) is 1. The van der Waals surface area contributed by atoms with Gasteiger partial charge in [-0.15, -0.1) is 0 Å². The van der Waals surface area contributed by atoms with Crippen LogP contribution in [0.1, 0.15) is 32.6 Å². The van der Waals surface area contributed by atoms with Crippen LogP contribution in [0.4, 0.5) is 0 Å². The van der Waals surface area contributed by atoms with Crippen molar-refractivity contribution in [1.82, 2.24) is 4.90 Å². The maximum atomic E-state index is 12.1. The molecule has 1 aliphatic heterocycles. The molecule has 4 nitrogen and oxygen atoms in total. The lowest BCUT2D eigenvalue weighted by molar-refractivity contribution is -0.152. The van der Waals surface area contributed by atoms with E-state index in [1.165, 1.54) is 0 Å². The molecule has 0 bridgehead atoms. The number of rotatable bonds is 2. The van der Waals surface area contributed by atoms with Gasteiger partial charge >= 0.3 is 5.97 Å². The molecule has 1 aliphatic carbocycles. The van der Waals surface area contributed by atoms with Crippen LogP contribution in [0.3, 0.4) is 0 Å². The molecule has 0 spiro atoms. The standard InChI is InChI=1S/C11H16BrNO3/c1-11(12)6-7(11)9(14)13-5-3-2-4-8(13)10(15)16/h7-8H,2-6H2,1H3,(H,15,16)/t7?,8-,11?/m1/s1. The molecule has 0 aromatic rings. The Kier molecular flexibility index (Phi) is 2.99. The van der Waals surface area contributed by atoms with Crippen LogP contribution in [0, 0.1) is 5.92 Å². The van der Waals surface area contributed by atoms with Gasteiger partial charge < -0.3 is 10.0 Å². The zero-order valence-electron chi connectivity index (χ0n) is 9.28. The van der Waals surface area contributed by atoms with E-state index in [9.17, 15) is 9.59 Å². The summed E-state index contributed by atoms with van der Waals surface area (Å²) in [7, 11) is 0. The lowest BCUT2D eigenvalue weighted by Crippen LogP contribution is -2.49. The van der Waals surface area contributed by atoms with E-state index in [1.54, 1.807) is 4.90 Å². The third kappa shape index (κ3) is 2.10. The Labute approximate surface area is 103 Å². The number of hydrogen-bond acceptors (Lipinski definition) is 2. The number of carboxylic acids is 1. The summed E-state index contributed by atoms with van der Waals surface area (Å²) in [6.45, 7) is 2.57. The summed E-state index contributed by atoms with van der Waals surface area (Å²) in [6.07, 6.45) is 3.22. The third-order valence-electron chi connectivity index (χ3n) is 3.54. The van der Waals surface area contributed by atoms with Crippen molar-refractivity contribution in [3.63, 3.8) is 0 Å². The van der Waals surface area contributed by atoms with Gasteiger partial charge in [0.2, 0.25) is 5.91 Å². The maximum absolute atomic E-state index is 12.1. The van der Waals surface area contributed by atoms with Crippen molar-refractivity contribution in [2.24, 2.45) is 5.92 Å². The molecule has 16 heavy (non-hydrogen) atoms. The zero-order chi connectivity index (χ0) is 11.9. The van der Waals surface area contributed by atoms with Crippen molar-refractivity contribution in [3.8, 4) is 0 Å². The third-order valence-corrected chi connectivity index (χ3v) is 4.42. The van der Waals surface area contributed by atoms with Gasteiger partial charge in [0.05, 0.1) is 5.92 Å². The fourth-order valence-electron chi connectivity index (χ4n) is 2.34. The summed E-state index contributed by atoms with van der Waals surface area (Å²) in [5.74, 6) is -0.899. The molecule has 3 atom stereocenters. The fraction of sp³-hybridized carbons (Fsp3) is 0.818. The van der Waals surface area contributed by atoms with Crippen LogP contribution in [-0.4, -0.2) is 38.8 Å². The normalized spacial score (nSPS) is 38.2. The summed E-state index contributed by atoms with van der Waals surface area (Å²) in [4.78, 5) is 24.7. The quantitative estimate of drug-likeness (QED) is 0.786. The molecule has 1 saturated carbocycles. The highest BCUT2D eigenvalue weighted by Gasteiger charge is 2.55. The van der Waals surface area contributed by atoms with E-state index in [0.29, 0.717) is 13.0 Å². The molecular weight excluding hydrogens is 274 g/mol. The molecule has 2 aliphatic rings. The lowest BCUT2D eigenvalue weighted by Gasteiger charge is -2.33. The second-order valence-electron chi connectivity index (χ2n) is 4.92. The molecule has 5 heteroatoms. The Morgan fingerprint density at radius 2 is 2.06 bits per heavy atom. The topological polar surface area (TPSA) is 57.6 Å². The van der Waals surface area contributed by atoms with Gasteiger partial charge in [-0.3, -0.25) is 4.79 Å². The molecule has 0 radical (unpaired) electrons. The predicted octanol–water partition coefficient (Wildman–Crippen LogP) is 1.63. The van der Waals surface area contributed by atoms with Crippen LogP contribution >= 0.6 is 15.9 Å². The number of carbonyl (C=O) groups excluding carboxylic acids is 1. The van der Waals surface area contributed by atoms with E-state index in [0.717, 1.165) is 19.3 Å². The first-order valence-electron chi connectivity index (χ1n) is 5.65. The molecule has 1 N–H and O–H groups in total. The fourth-order valence-corrected chi connectivity index (χ4v) is 2.86. The Morgan fingerprint density at radius 3 is 2.56 bits per heavy atom. The smallest absolute Gasteiger partial charge is 0.326 e. The number of likely N-dealkylation sites (tertiary alicyclic amines) is 1. The minimum atomic E-state index is -0.870. The highest BCUT2D eigenvalue weighted by molar-refractivity contribution is 9.10. The SMILES string of the molecule is CC1(Br)CC1C(=O)N1CCCC[C@@H]1C(=O)O. The highest BCUT2D eigenvalue weighted by Crippen LogP contribution is 2.52. The summed E-state index contributed by atoms with van der Waals surface area (Å²) in [6, 6.07) is -0.606. The molecule has 2 unspecified atom stereocenters. The van der Waals surface area contributed by atoms with Gasteiger partial charge in [0.1, 0.15) is 6.04 Å². The number of carbonyl (C=O) groups is 2. The Hall–Kier alpha value is -0.580. The number of aliphatic carboxylic acids is 1. The van der Waals surface area contributed by atoms with Crippen molar-refractivity contribution < 1.29 is 14.7 Å². The van der Waals surface area contributed by atoms with Crippen LogP contribution in [0.15, 0.2) is 0 Å². The van der Waals surface area contributed by atoms with Gasteiger partial charge in [-0.25, -0.2) is 4.79 Å². The van der Waals surface area contributed by atoms with Crippen LogP contribution in [0.2, 0.25) is 0 Å². The predicted molar refractivity (Wildman–Crippen MR) is 62.4 cm³/mol. The molecule has 1 saturated heterocycles. The van der Waals surface area contributed by atoms with Crippen LogP contribution < -0.4 is 0 Å². The van der Waals surface area contributed by atoms with E-state index >= 15 is 0 Å². The molecule has 2 rings (SSSR count). The molecule has 0 aromatic heterocycles. The molecule has 2 fully saturated rings. The number of halogens is 1. The number of piperidine rings is 1. The summed E-state index contributed by atoms with van der Waals surface area (Å²) < 4.78 is -0.107. The summed E-state index contributed by atoms with van der Waals surface area (Å²) >= 11 is 3.48. The van der Waals surface area contributed by atoms with Crippen molar-refractivity contribution in [2.45, 2.75) is 43.0 Å². The summed E-state index contributed by atoms with van der Waals surface area (Å²) in [5, 5.41) is 9.08. The number of amides is 1. The van der Waals surface area contributed by atoms with Crippen LogP contribution in [-0.2, 0) is 9.59 Å². The maximum Gasteiger partial charge on any atom is 0.326 e. The molecule has 1 heterocycles. The van der Waals surface area contributed by atoms with Gasteiger partial charge in [-0.05, 0) is 32.6 Å². The zero-order valence-corrected chi connectivity index (χ0v) is 10.9. The first-order valence-corrected chi connectivity index (χ1v) is 6.45. The van der Waals surface area contributed by atoms with Gasteiger partial charge in [-0.1, -0.05) is 15.9 Å². The molecular formula is C11H16BrNO3. The molecule has 1 amide bonds. The Balaban J connectivity index is 2.06. The number of alkyl halides is 1. The second-order valence-corrected chi connectivity index (χ2v) is 6.73. The lowest BCUT2D eigenvalue weighted by atomic mass is 10.0. The van der Waals surface area contributed by atoms with Gasteiger partial charge in [0, 0.05) is 10.9 Å². The van der Waals surface area contributed by atoms with E-state index < -0.39 is 12.0 Å². The average Bonchev–Trinajstić information content (AvgIpc) is 2.86. The molecule has 90 valence electrons.